The number of hydrogen-bond donors (Lipinski definition) is 4. The molecule has 0 saturated carbocycles. The van der Waals surface area contributed by atoms with Gasteiger partial charge >= 0.3 is 0 Å². The summed E-state index contributed by atoms with van der Waals surface area (Å²) in [5, 5.41) is 7.88. The maximum Gasteiger partial charge on any atom is 0.273 e. The molecule has 1 amide bonds. The second-order valence-corrected chi connectivity index (χ2v) is 9.71. The molecule has 4 rings (SSSR count). The van der Waals surface area contributed by atoms with Gasteiger partial charge in [-0.2, -0.15) is 0 Å². The van der Waals surface area contributed by atoms with Crippen LogP contribution in [0.4, 0.5) is 0 Å². The number of amides is 1. The molecule has 3 aromatic rings. The summed E-state index contributed by atoms with van der Waals surface area (Å²) in [6.07, 6.45) is 5.64. The Hall–Kier alpha value is -2.64. The van der Waals surface area contributed by atoms with Crippen molar-refractivity contribution in [3.63, 3.8) is 0 Å². The molecule has 1 atom stereocenters. The van der Waals surface area contributed by atoms with Crippen LogP contribution in [-0.2, 0) is 6.42 Å². The van der Waals surface area contributed by atoms with Gasteiger partial charge in [0.15, 0.2) is 5.69 Å². The van der Waals surface area contributed by atoms with Crippen molar-refractivity contribution in [2.75, 3.05) is 0 Å². The lowest BCUT2D eigenvalue weighted by Crippen LogP contribution is -2.62. The quantitative estimate of drug-likeness (QED) is 0.516. The highest BCUT2D eigenvalue weighted by Gasteiger charge is 2.38. The number of H-pyrrole nitrogens is 1. The fraction of sp³-hybridized carbons (Fsp3) is 0.478. The summed E-state index contributed by atoms with van der Waals surface area (Å²) in [5.74, 6) is 0.152. The summed E-state index contributed by atoms with van der Waals surface area (Å²) in [6.45, 7) is 8.63. The van der Waals surface area contributed by atoms with E-state index in [1.165, 1.54) is 6.26 Å². The largest absolute Gasteiger partial charge is 0.446 e. The first-order valence-corrected chi connectivity index (χ1v) is 10.5. The molecule has 30 heavy (non-hydrogen) atoms. The molecule has 5 N–H and O–H groups in total. The first-order valence-electron chi connectivity index (χ1n) is 10.5. The Balaban J connectivity index is 1.42. The highest BCUT2D eigenvalue weighted by atomic mass is 16.3. The van der Waals surface area contributed by atoms with Crippen LogP contribution in [0, 0.1) is 0 Å². The molecule has 160 valence electrons. The zero-order valence-corrected chi connectivity index (χ0v) is 18.1. The molecule has 7 heteroatoms. The number of fused-ring (bicyclic) bond motifs is 1. The van der Waals surface area contributed by atoms with Gasteiger partial charge in [0.25, 0.3) is 5.91 Å². The molecular formula is C23H31N5O2. The van der Waals surface area contributed by atoms with Gasteiger partial charge in [0, 0.05) is 34.2 Å². The van der Waals surface area contributed by atoms with Crippen molar-refractivity contribution >= 4 is 16.8 Å². The van der Waals surface area contributed by atoms with Crippen LogP contribution in [0.1, 0.15) is 68.5 Å². The van der Waals surface area contributed by atoms with Gasteiger partial charge in [-0.3, -0.25) is 4.79 Å². The normalized spacial score (nSPS) is 19.6. The number of nitrogens with two attached hydrogens (primary N) is 1. The second kappa shape index (κ2) is 7.56. The lowest BCUT2D eigenvalue weighted by molar-refractivity contribution is 0.0868. The van der Waals surface area contributed by atoms with Crippen LogP contribution in [-0.4, -0.2) is 33.0 Å². The highest BCUT2D eigenvalue weighted by Crippen LogP contribution is 2.29. The minimum absolute atomic E-state index is 0.0453. The van der Waals surface area contributed by atoms with Crippen LogP contribution in [0.2, 0.25) is 0 Å². The van der Waals surface area contributed by atoms with E-state index in [9.17, 15) is 4.79 Å². The van der Waals surface area contributed by atoms with Crippen molar-refractivity contribution in [2.24, 2.45) is 5.73 Å². The molecule has 1 fully saturated rings. The Kier molecular flexibility index (Phi) is 5.20. The lowest BCUT2D eigenvalue weighted by Gasteiger charge is -2.46. The summed E-state index contributed by atoms with van der Waals surface area (Å²) in [5.41, 5.74) is 8.69. The smallest absolute Gasteiger partial charge is 0.273 e. The third-order valence-electron chi connectivity index (χ3n) is 5.71. The predicted octanol–water partition coefficient (Wildman–Crippen LogP) is 3.44. The van der Waals surface area contributed by atoms with Crippen molar-refractivity contribution < 1.29 is 9.21 Å². The molecule has 0 aliphatic carbocycles. The number of rotatable bonds is 5. The van der Waals surface area contributed by atoms with E-state index in [1.54, 1.807) is 0 Å². The lowest BCUT2D eigenvalue weighted by atomic mass is 9.79. The fourth-order valence-electron chi connectivity index (χ4n) is 4.87. The summed E-state index contributed by atoms with van der Waals surface area (Å²) in [4.78, 5) is 20.4. The molecule has 1 saturated heterocycles. The number of carbonyl (C=O) groups is 1. The Morgan fingerprint density at radius 3 is 2.70 bits per heavy atom. The Labute approximate surface area is 176 Å². The van der Waals surface area contributed by atoms with Crippen molar-refractivity contribution in [3.05, 3.63) is 53.9 Å². The fourth-order valence-corrected chi connectivity index (χ4v) is 4.87. The number of aromatic nitrogens is 2. The summed E-state index contributed by atoms with van der Waals surface area (Å²) >= 11 is 0. The van der Waals surface area contributed by atoms with Crippen LogP contribution in [0.3, 0.4) is 0 Å². The average molecular weight is 410 g/mol. The Morgan fingerprint density at radius 2 is 1.97 bits per heavy atom. The van der Waals surface area contributed by atoms with Crippen LogP contribution >= 0.6 is 0 Å². The number of nitrogens with one attached hydrogen (secondary N) is 3. The summed E-state index contributed by atoms with van der Waals surface area (Å²) in [7, 11) is 0. The van der Waals surface area contributed by atoms with E-state index in [1.807, 2.05) is 24.4 Å². The van der Waals surface area contributed by atoms with Gasteiger partial charge in [0.2, 0.25) is 5.89 Å². The Morgan fingerprint density at radius 1 is 1.27 bits per heavy atom. The monoisotopic (exact) mass is 409 g/mol. The zero-order valence-electron chi connectivity index (χ0n) is 18.1. The molecule has 1 aliphatic heterocycles. The molecule has 1 aromatic carbocycles. The number of aromatic amines is 1. The third-order valence-corrected chi connectivity index (χ3v) is 5.71. The number of para-hydroxylation sites is 1. The third kappa shape index (κ3) is 4.42. The van der Waals surface area contributed by atoms with Gasteiger partial charge < -0.3 is 25.8 Å². The summed E-state index contributed by atoms with van der Waals surface area (Å²) in [6, 6.07) is 7.73. The predicted molar refractivity (Wildman–Crippen MR) is 117 cm³/mol. The average Bonchev–Trinajstić information content (AvgIpc) is 3.27. The molecule has 7 nitrogen and oxygen atoms in total. The molecule has 0 spiro atoms. The number of hydrogen-bond acceptors (Lipinski definition) is 5. The minimum Gasteiger partial charge on any atom is -0.446 e. The summed E-state index contributed by atoms with van der Waals surface area (Å²) < 4.78 is 5.56. The molecule has 2 aromatic heterocycles. The van der Waals surface area contributed by atoms with Crippen LogP contribution in [0.15, 0.2) is 41.1 Å². The molecule has 1 unspecified atom stereocenters. The van der Waals surface area contributed by atoms with Crippen LogP contribution in [0.25, 0.3) is 10.9 Å². The molecule has 0 radical (unpaired) electrons. The zero-order chi connectivity index (χ0) is 21.5. The number of piperidine rings is 1. The van der Waals surface area contributed by atoms with Gasteiger partial charge in [-0.05, 0) is 58.6 Å². The van der Waals surface area contributed by atoms with Crippen LogP contribution in [0.5, 0.6) is 0 Å². The minimum atomic E-state index is -0.428. The van der Waals surface area contributed by atoms with E-state index in [0.29, 0.717) is 12.3 Å². The molecule has 3 heterocycles. The number of carbonyl (C=O) groups excluding carboxylic acids is 1. The van der Waals surface area contributed by atoms with Gasteiger partial charge in [-0.25, -0.2) is 4.98 Å². The van der Waals surface area contributed by atoms with E-state index in [-0.39, 0.29) is 28.7 Å². The van der Waals surface area contributed by atoms with E-state index < -0.39 is 6.04 Å². The van der Waals surface area contributed by atoms with Gasteiger partial charge in [0.05, 0.1) is 6.04 Å². The Bertz CT molecular complexity index is 1030. The number of oxazole rings is 1. The van der Waals surface area contributed by atoms with E-state index >= 15 is 0 Å². The van der Waals surface area contributed by atoms with E-state index in [0.717, 1.165) is 29.3 Å². The van der Waals surface area contributed by atoms with E-state index in [2.05, 4.69) is 54.4 Å². The SMILES string of the molecule is CC1(C)CC(NC(=O)c2coc(C(N)Cc3c[nH]c4ccccc34)n2)CC(C)(C)N1. The standard InChI is InChI=1S/C23H31N5O2/c1-22(2)10-15(11-23(3,4)28-22)26-20(29)19-13-30-21(27-19)17(24)9-14-12-25-18-8-6-5-7-16(14)18/h5-8,12-13,15,17,25,28H,9-11,24H2,1-4H3,(H,26,29). The van der Waals surface area contributed by atoms with E-state index in [4.69, 9.17) is 10.2 Å². The molecule has 1 aliphatic rings. The van der Waals surface area contributed by atoms with Crippen molar-refractivity contribution in [1.29, 1.82) is 0 Å². The number of benzene rings is 1. The molecular weight excluding hydrogens is 378 g/mol. The highest BCUT2D eigenvalue weighted by molar-refractivity contribution is 5.92. The van der Waals surface area contributed by atoms with Gasteiger partial charge in [-0.1, -0.05) is 18.2 Å². The first kappa shape index (κ1) is 20.6. The topological polar surface area (TPSA) is 109 Å². The maximum absolute atomic E-state index is 12.8. The van der Waals surface area contributed by atoms with Crippen molar-refractivity contribution in [2.45, 2.75) is 70.1 Å². The van der Waals surface area contributed by atoms with Crippen molar-refractivity contribution in [1.82, 2.24) is 20.6 Å². The maximum atomic E-state index is 12.8. The van der Waals surface area contributed by atoms with Gasteiger partial charge in [0.1, 0.15) is 6.26 Å². The first-order chi connectivity index (χ1) is 14.1. The van der Waals surface area contributed by atoms with Gasteiger partial charge in [-0.15, -0.1) is 0 Å². The second-order valence-electron chi connectivity index (χ2n) is 9.71. The van der Waals surface area contributed by atoms with Crippen molar-refractivity contribution in [3.8, 4) is 0 Å². The van der Waals surface area contributed by atoms with Crippen LogP contribution < -0.4 is 16.4 Å². The molecule has 0 bridgehead atoms. The number of nitrogens with zero attached hydrogens (tertiary/aromatic N) is 1.